The van der Waals surface area contributed by atoms with E-state index < -0.39 is 0 Å². The molecule has 0 atom stereocenters. The highest BCUT2D eigenvalue weighted by atomic mass is 35.5. The van der Waals surface area contributed by atoms with Gasteiger partial charge in [-0.15, -0.1) is 0 Å². The fraction of sp³-hybridized carbons (Fsp3) is 0.500. The first-order valence-corrected chi connectivity index (χ1v) is 6.13. The zero-order chi connectivity index (χ0) is 13.1. The van der Waals surface area contributed by atoms with Crippen LogP contribution in [0.1, 0.15) is 26.3 Å². The molecule has 0 saturated carbocycles. The Balaban J connectivity index is 2.64. The number of nitrogens with zero attached hydrogens (tertiary/aromatic N) is 2. The van der Waals surface area contributed by atoms with Crippen LogP contribution in [0.3, 0.4) is 0 Å². The summed E-state index contributed by atoms with van der Waals surface area (Å²) in [4.78, 5) is 6.24. The van der Waals surface area contributed by atoms with Crippen LogP contribution < -0.4 is 0 Å². The van der Waals surface area contributed by atoms with Gasteiger partial charge in [0.1, 0.15) is 0 Å². The first-order chi connectivity index (χ1) is 7.79. The maximum Gasteiger partial charge on any atom is 0.0664 e. The molecule has 3 heteroatoms. The van der Waals surface area contributed by atoms with Gasteiger partial charge in [-0.05, 0) is 24.1 Å². The van der Waals surface area contributed by atoms with E-state index in [0.29, 0.717) is 5.02 Å². The summed E-state index contributed by atoms with van der Waals surface area (Å²) in [6.07, 6.45) is 3.40. The molecule has 1 aromatic rings. The Bertz CT molecular complexity index is 393. The minimum Gasteiger partial charge on any atom is -0.302 e. The minimum atomic E-state index is 0.289. The molecule has 94 valence electrons. The van der Waals surface area contributed by atoms with Gasteiger partial charge in [-0.25, -0.2) is 0 Å². The van der Waals surface area contributed by atoms with Crippen LogP contribution in [0.4, 0.5) is 0 Å². The van der Waals surface area contributed by atoms with Crippen molar-refractivity contribution in [3.8, 4) is 0 Å². The second-order valence-electron chi connectivity index (χ2n) is 5.69. The van der Waals surface area contributed by atoms with Crippen LogP contribution in [-0.2, 0) is 0 Å². The third-order valence-electron chi connectivity index (χ3n) is 2.36. The number of hydrogen-bond acceptors (Lipinski definition) is 2. The summed E-state index contributed by atoms with van der Waals surface area (Å²) in [5, 5.41) is 0.668. The van der Waals surface area contributed by atoms with Gasteiger partial charge in [0.25, 0.3) is 0 Å². The predicted octanol–water partition coefficient (Wildman–Crippen LogP) is 3.73. The van der Waals surface area contributed by atoms with Crippen molar-refractivity contribution in [2.45, 2.75) is 20.8 Å². The molecule has 0 spiro atoms. The molecule has 0 bridgehead atoms. The lowest BCUT2D eigenvalue weighted by molar-refractivity contribution is 0.247. The first-order valence-electron chi connectivity index (χ1n) is 5.76. The second kappa shape index (κ2) is 5.65. The summed E-state index contributed by atoms with van der Waals surface area (Å²) in [5.41, 5.74) is 2.31. The average Bonchev–Trinajstić information content (AvgIpc) is 2.14. The third kappa shape index (κ3) is 4.88. The molecular weight excluding hydrogens is 232 g/mol. The molecule has 1 rings (SSSR count). The summed E-state index contributed by atoms with van der Waals surface area (Å²) in [6, 6.07) is 1.91. The summed E-state index contributed by atoms with van der Waals surface area (Å²) in [6.45, 7) is 12.6. The van der Waals surface area contributed by atoms with Gasteiger partial charge in [0.2, 0.25) is 0 Å². The summed E-state index contributed by atoms with van der Waals surface area (Å²) in [7, 11) is 2.10. The van der Waals surface area contributed by atoms with Crippen LogP contribution >= 0.6 is 11.6 Å². The Morgan fingerprint density at radius 3 is 2.65 bits per heavy atom. The predicted molar refractivity (Wildman–Crippen MR) is 75.2 cm³/mol. The van der Waals surface area contributed by atoms with Crippen LogP contribution in [0.25, 0.3) is 5.57 Å². The smallest absolute Gasteiger partial charge is 0.0664 e. The first kappa shape index (κ1) is 14.2. The van der Waals surface area contributed by atoms with Gasteiger partial charge in [-0.3, -0.25) is 4.98 Å². The van der Waals surface area contributed by atoms with Crippen molar-refractivity contribution >= 4 is 17.2 Å². The number of pyridine rings is 1. The van der Waals surface area contributed by atoms with Crippen molar-refractivity contribution in [1.82, 2.24) is 9.88 Å². The van der Waals surface area contributed by atoms with Gasteiger partial charge >= 0.3 is 0 Å². The van der Waals surface area contributed by atoms with E-state index in [1.54, 1.807) is 12.4 Å². The van der Waals surface area contributed by atoms with Gasteiger partial charge in [-0.1, -0.05) is 39.0 Å². The van der Waals surface area contributed by atoms with Crippen LogP contribution in [0, 0.1) is 5.41 Å². The molecule has 0 amide bonds. The zero-order valence-corrected chi connectivity index (χ0v) is 11.9. The van der Waals surface area contributed by atoms with Gasteiger partial charge in [-0.2, -0.15) is 0 Å². The molecule has 1 aromatic heterocycles. The SMILES string of the molecule is C=C(CN(C)CC(C)(C)C)c1ccncc1Cl. The standard InChI is InChI=1S/C14H21ClN2/c1-11(9-17(5)10-14(2,3)4)12-6-7-16-8-13(12)15/h6-8H,1,9-10H2,2-5H3. The van der Waals surface area contributed by atoms with Crippen LogP contribution in [0.5, 0.6) is 0 Å². The molecule has 0 N–H and O–H groups in total. The van der Waals surface area contributed by atoms with E-state index in [2.05, 4.69) is 44.3 Å². The lowest BCUT2D eigenvalue weighted by Gasteiger charge is -2.27. The van der Waals surface area contributed by atoms with Crippen LogP contribution in [0.15, 0.2) is 25.0 Å². The Morgan fingerprint density at radius 1 is 1.47 bits per heavy atom. The monoisotopic (exact) mass is 252 g/mol. The molecule has 0 fully saturated rings. The molecule has 0 radical (unpaired) electrons. The Morgan fingerprint density at radius 2 is 2.12 bits per heavy atom. The maximum atomic E-state index is 6.09. The summed E-state index contributed by atoms with van der Waals surface area (Å²) >= 11 is 6.09. The summed E-state index contributed by atoms with van der Waals surface area (Å²) in [5.74, 6) is 0. The van der Waals surface area contributed by atoms with Gasteiger partial charge in [0.05, 0.1) is 5.02 Å². The fourth-order valence-electron chi connectivity index (χ4n) is 1.94. The number of aromatic nitrogens is 1. The third-order valence-corrected chi connectivity index (χ3v) is 2.66. The number of rotatable bonds is 4. The molecule has 0 aliphatic carbocycles. The van der Waals surface area contributed by atoms with E-state index in [1.165, 1.54) is 0 Å². The van der Waals surface area contributed by atoms with Gasteiger partial charge in [0, 0.05) is 31.0 Å². The fourth-order valence-corrected chi connectivity index (χ4v) is 2.19. The van der Waals surface area contributed by atoms with E-state index in [-0.39, 0.29) is 5.41 Å². The lowest BCUT2D eigenvalue weighted by Crippen LogP contribution is -2.30. The molecule has 0 aliphatic rings. The van der Waals surface area contributed by atoms with E-state index in [4.69, 9.17) is 11.6 Å². The number of hydrogen-bond donors (Lipinski definition) is 0. The highest BCUT2D eigenvalue weighted by Crippen LogP contribution is 2.23. The van der Waals surface area contributed by atoms with Crippen molar-refractivity contribution in [2.75, 3.05) is 20.1 Å². The van der Waals surface area contributed by atoms with Crippen LogP contribution in [0.2, 0.25) is 5.02 Å². The molecule has 0 aromatic carbocycles. The van der Waals surface area contributed by atoms with Gasteiger partial charge < -0.3 is 4.90 Å². The lowest BCUT2D eigenvalue weighted by atomic mass is 9.96. The van der Waals surface area contributed by atoms with Crippen molar-refractivity contribution < 1.29 is 0 Å². The highest BCUT2D eigenvalue weighted by molar-refractivity contribution is 6.32. The maximum absolute atomic E-state index is 6.09. The molecule has 0 aliphatic heterocycles. The second-order valence-corrected chi connectivity index (χ2v) is 6.10. The van der Waals surface area contributed by atoms with Crippen molar-refractivity contribution in [3.63, 3.8) is 0 Å². The molecule has 0 unspecified atom stereocenters. The minimum absolute atomic E-state index is 0.289. The molecule has 0 saturated heterocycles. The molecular formula is C14H21ClN2. The number of likely N-dealkylation sites (N-methyl/N-ethyl adjacent to an activating group) is 1. The number of halogens is 1. The quantitative estimate of drug-likeness (QED) is 0.812. The van der Waals surface area contributed by atoms with E-state index in [9.17, 15) is 0 Å². The normalized spacial score (nSPS) is 11.9. The summed E-state index contributed by atoms with van der Waals surface area (Å²) < 4.78 is 0. The highest BCUT2D eigenvalue weighted by Gasteiger charge is 2.14. The van der Waals surface area contributed by atoms with Crippen LogP contribution in [-0.4, -0.2) is 30.0 Å². The van der Waals surface area contributed by atoms with E-state index >= 15 is 0 Å². The topological polar surface area (TPSA) is 16.1 Å². The molecule has 2 nitrogen and oxygen atoms in total. The average molecular weight is 253 g/mol. The van der Waals surface area contributed by atoms with Crippen molar-refractivity contribution in [2.24, 2.45) is 5.41 Å². The molecule has 17 heavy (non-hydrogen) atoms. The zero-order valence-electron chi connectivity index (χ0n) is 11.1. The Kier molecular flexibility index (Phi) is 4.72. The van der Waals surface area contributed by atoms with E-state index in [1.807, 2.05) is 6.07 Å². The van der Waals surface area contributed by atoms with E-state index in [0.717, 1.165) is 24.2 Å². The van der Waals surface area contributed by atoms with Gasteiger partial charge in [0.15, 0.2) is 0 Å². The van der Waals surface area contributed by atoms with Crippen molar-refractivity contribution in [1.29, 1.82) is 0 Å². The van der Waals surface area contributed by atoms with Crippen molar-refractivity contribution in [3.05, 3.63) is 35.6 Å². The Labute approximate surface area is 109 Å². The Hall–Kier alpha value is -0.860. The molecule has 1 heterocycles. The largest absolute Gasteiger partial charge is 0.302 e.